The second-order valence-electron chi connectivity index (χ2n) is 8.29. The molecule has 1 fully saturated rings. The Hall–Kier alpha value is -2.04. The zero-order valence-corrected chi connectivity index (χ0v) is 18.3. The molecule has 1 N–H and O–H groups in total. The first kappa shape index (κ1) is 23.2. The number of hydrogen-bond acceptors (Lipinski definition) is 4. The number of ether oxygens (including phenoxy) is 1. The van der Waals surface area contributed by atoms with Crippen molar-refractivity contribution in [2.45, 2.75) is 32.1 Å². The molecule has 5 heteroatoms. The second kappa shape index (κ2) is 10.1. The number of benzene rings is 2. The number of nitrogens with zero attached hydrogens (tertiary/aromatic N) is 1. The van der Waals surface area contributed by atoms with Crippen LogP contribution in [0.3, 0.4) is 0 Å². The van der Waals surface area contributed by atoms with Gasteiger partial charge in [0.25, 0.3) is 0 Å². The topological polar surface area (TPSA) is 49.8 Å². The Kier molecular flexibility index (Phi) is 8.12. The van der Waals surface area contributed by atoms with E-state index in [0.29, 0.717) is 24.6 Å². The summed E-state index contributed by atoms with van der Waals surface area (Å²) in [5.41, 5.74) is 2.37. The molecule has 1 aliphatic heterocycles. The Labute approximate surface area is 180 Å². The molecule has 0 spiro atoms. The van der Waals surface area contributed by atoms with Crippen molar-refractivity contribution in [2.24, 2.45) is 11.8 Å². The van der Waals surface area contributed by atoms with Crippen LogP contribution < -0.4 is 0 Å². The van der Waals surface area contributed by atoms with Crippen molar-refractivity contribution in [1.82, 2.24) is 4.90 Å². The summed E-state index contributed by atoms with van der Waals surface area (Å²) < 4.78 is 5.08. The Bertz CT molecular complexity index is 798. The van der Waals surface area contributed by atoms with E-state index in [-0.39, 0.29) is 29.7 Å². The number of piperidine rings is 1. The van der Waals surface area contributed by atoms with Gasteiger partial charge in [0.2, 0.25) is 0 Å². The number of methoxy groups -OCH3 is 1. The monoisotopic (exact) mass is 417 g/mol. The van der Waals surface area contributed by atoms with E-state index in [4.69, 9.17) is 4.74 Å². The van der Waals surface area contributed by atoms with Crippen LogP contribution >= 0.6 is 12.4 Å². The summed E-state index contributed by atoms with van der Waals surface area (Å²) in [5, 5.41) is 9.88. The SMILES string of the molecule is COC(=O)[C@H](Cc1ccccc1)CN1CC[C@](C)(c2cccc(O)c2)[C@@H](C)C1.Cl. The van der Waals surface area contributed by atoms with Crippen LogP contribution in [0.1, 0.15) is 31.4 Å². The summed E-state index contributed by atoms with van der Waals surface area (Å²) in [5.74, 6) is 0.433. The van der Waals surface area contributed by atoms with Crippen molar-refractivity contribution in [3.63, 3.8) is 0 Å². The van der Waals surface area contributed by atoms with Crippen LogP contribution in [0.5, 0.6) is 5.75 Å². The standard InChI is InChI=1S/C24H31NO3.ClH/c1-18-16-25(13-12-24(18,2)21-10-7-11-22(26)15-21)17-20(23(27)28-3)14-19-8-5-4-6-9-19;/h4-11,15,18,20,26H,12-14,16-17H2,1-3H3;1H/t18-,20+,24-;/m0./s1. The van der Waals surface area contributed by atoms with Crippen molar-refractivity contribution < 1.29 is 14.6 Å². The van der Waals surface area contributed by atoms with Gasteiger partial charge in [0.15, 0.2) is 0 Å². The molecule has 1 heterocycles. The minimum Gasteiger partial charge on any atom is -0.508 e. The molecule has 3 atom stereocenters. The van der Waals surface area contributed by atoms with E-state index < -0.39 is 0 Å². The average Bonchev–Trinajstić information content (AvgIpc) is 2.70. The largest absolute Gasteiger partial charge is 0.508 e. The molecular formula is C24H32ClNO3. The number of aromatic hydroxyl groups is 1. The van der Waals surface area contributed by atoms with Crippen molar-refractivity contribution in [2.75, 3.05) is 26.7 Å². The molecule has 0 unspecified atom stereocenters. The Morgan fingerprint density at radius 2 is 1.97 bits per heavy atom. The van der Waals surface area contributed by atoms with E-state index >= 15 is 0 Å². The number of carbonyl (C=O) groups is 1. The van der Waals surface area contributed by atoms with Crippen molar-refractivity contribution >= 4 is 18.4 Å². The molecule has 0 aromatic heterocycles. The molecule has 1 saturated heterocycles. The summed E-state index contributed by atoms with van der Waals surface area (Å²) in [6, 6.07) is 17.8. The van der Waals surface area contributed by atoms with Gasteiger partial charge in [-0.25, -0.2) is 0 Å². The van der Waals surface area contributed by atoms with Gasteiger partial charge in [0.05, 0.1) is 13.0 Å². The molecule has 0 saturated carbocycles. The zero-order chi connectivity index (χ0) is 20.1. The Morgan fingerprint density at radius 3 is 2.59 bits per heavy atom. The van der Waals surface area contributed by atoms with E-state index in [1.54, 1.807) is 6.07 Å². The number of esters is 1. The van der Waals surface area contributed by atoms with Crippen LogP contribution in [0.15, 0.2) is 54.6 Å². The maximum atomic E-state index is 12.4. The van der Waals surface area contributed by atoms with Crippen LogP contribution in [0.2, 0.25) is 0 Å². The smallest absolute Gasteiger partial charge is 0.310 e. The van der Waals surface area contributed by atoms with E-state index in [1.807, 2.05) is 30.3 Å². The summed E-state index contributed by atoms with van der Waals surface area (Å²) in [4.78, 5) is 14.8. The van der Waals surface area contributed by atoms with E-state index in [9.17, 15) is 9.90 Å². The molecule has 1 aliphatic rings. The molecular weight excluding hydrogens is 386 g/mol. The number of halogens is 1. The predicted molar refractivity (Wildman–Crippen MR) is 119 cm³/mol. The molecule has 2 aromatic carbocycles. The fraction of sp³-hybridized carbons (Fsp3) is 0.458. The third kappa shape index (κ3) is 5.52. The lowest BCUT2D eigenvalue weighted by atomic mass is 9.68. The second-order valence-corrected chi connectivity index (χ2v) is 8.29. The van der Waals surface area contributed by atoms with Crippen molar-refractivity contribution in [3.8, 4) is 5.75 Å². The van der Waals surface area contributed by atoms with Crippen LogP contribution in [-0.2, 0) is 21.4 Å². The minimum absolute atomic E-state index is 0. The number of likely N-dealkylation sites (tertiary alicyclic amines) is 1. The lowest BCUT2D eigenvalue weighted by molar-refractivity contribution is -0.146. The van der Waals surface area contributed by atoms with Crippen LogP contribution in [0.4, 0.5) is 0 Å². The summed E-state index contributed by atoms with van der Waals surface area (Å²) in [6.45, 7) is 7.11. The van der Waals surface area contributed by atoms with Crippen molar-refractivity contribution in [1.29, 1.82) is 0 Å². The summed E-state index contributed by atoms with van der Waals surface area (Å²) in [7, 11) is 1.47. The first-order valence-corrected chi connectivity index (χ1v) is 10.1. The fourth-order valence-electron chi connectivity index (χ4n) is 4.37. The highest BCUT2D eigenvalue weighted by Gasteiger charge is 2.39. The first-order valence-electron chi connectivity index (χ1n) is 10.1. The van der Waals surface area contributed by atoms with Gasteiger partial charge in [0, 0.05) is 13.1 Å². The van der Waals surface area contributed by atoms with Crippen LogP contribution in [-0.4, -0.2) is 42.7 Å². The average molecular weight is 418 g/mol. The maximum absolute atomic E-state index is 12.4. The normalized spacial score (nSPS) is 23.1. The molecule has 0 aliphatic carbocycles. The van der Waals surface area contributed by atoms with Gasteiger partial charge < -0.3 is 14.7 Å². The summed E-state index contributed by atoms with van der Waals surface area (Å²) >= 11 is 0. The molecule has 2 aromatic rings. The highest BCUT2D eigenvalue weighted by molar-refractivity contribution is 5.85. The molecule has 0 radical (unpaired) electrons. The van der Waals surface area contributed by atoms with Gasteiger partial charge in [-0.3, -0.25) is 4.79 Å². The van der Waals surface area contributed by atoms with Gasteiger partial charge in [-0.15, -0.1) is 12.4 Å². The summed E-state index contributed by atoms with van der Waals surface area (Å²) in [6.07, 6.45) is 1.69. The third-order valence-electron chi connectivity index (χ3n) is 6.41. The van der Waals surface area contributed by atoms with Crippen LogP contribution in [0.25, 0.3) is 0 Å². The number of carbonyl (C=O) groups excluding carboxylic acids is 1. The number of phenols is 1. The third-order valence-corrected chi connectivity index (χ3v) is 6.41. The molecule has 29 heavy (non-hydrogen) atoms. The van der Waals surface area contributed by atoms with E-state index in [1.165, 1.54) is 12.7 Å². The number of phenolic OH excluding ortho intramolecular Hbond substituents is 1. The molecule has 0 bridgehead atoms. The lowest BCUT2D eigenvalue weighted by Crippen LogP contribution is -2.49. The van der Waals surface area contributed by atoms with Gasteiger partial charge in [-0.2, -0.15) is 0 Å². The van der Waals surface area contributed by atoms with Gasteiger partial charge in [-0.1, -0.05) is 56.3 Å². The van der Waals surface area contributed by atoms with Gasteiger partial charge in [-0.05, 0) is 54.0 Å². The van der Waals surface area contributed by atoms with E-state index in [0.717, 1.165) is 25.1 Å². The maximum Gasteiger partial charge on any atom is 0.310 e. The highest BCUT2D eigenvalue weighted by Crippen LogP contribution is 2.40. The van der Waals surface area contributed by atoms with Crippen LogP contribution in [0, 0.1) is 11.8 Å². The highest BCUT2D eigenvalue weighted by atomic mass is 35.5. The number of rotatable bonds is 6. The quantitative estimate of drug-likeness (QED) is 0.705. The minimum atomic E-state index is -0.162. The molecule has 158 valence electrons. The van der Waals surface area contributed by atoms with E-state index in [2.05, 4.69) is 36.9 Å². The molecule has 3 rings (SSSR count). The lowest BCUT2D eigenvalue weighted by Gasteiger charge is -2.45. The first-order chi connectivity index (χ1) is 13.4. The number of hydrogen-bond donors (Lipinski definition) is 1. The zero-order valence-electron chi connectivity index (χ0n) is 17.5. The molecule has 0 amide bonds. The Morgan fingerprint density at radius 1 is 1.24 bits per heavy atom. The van der Waals surface area contributed by atoms with Gasteiger partial charge >= 0.3 is 5.97 Å². The Balaban J connectivity index is 0.00000300. The fourth-order valence-corrected chi connectivity index (χ4v) is 4.37. The van der Waals surface area contributed by atoms with Gasteiger partial charge in [0.1, 0.15) is 5.75 Å². The van der Waals surface area contributed by atoms with Crippen molar-refractivity contribution in [3.05, 3.63) is 65.7 Å². The predicted octanol–water partition coefficient (Wildman–Crippen LogP) is 4.45. The molecule has 4 nitrogen and oxygen atoms in total.